The van der Waals surface area contributed by atoms with Crippen LogP contribution < -0.4 is 24.3 Å². The number of rotatable bonds is 12. The molecule has 1 N–H and O–H groups in total. The van der Waals surface area contributed by atoms with Crippen molar-refractivity contribution < 1.29 is 23.7 Å². The van der Waals surface area contributed by atoms with E-state index >= 15 is 0 Å². The predicted octanol–water partition coefficient (Wildman–Crippen LogP) is 6.71. The van der Waals surface area contributed by atoms with Crippen LogP contribution in [0.25, 0.3) is 22.5 Å². The third-order valence-electron chi connectivity index (χ3n) is 5.93. The van der Waals surface area contributed by atoms with Gasteiger partial charge in [-0.2, -0.15) is 0 Å². The molecule has 4 aromatic rings. The number of nitrogens with one attached hydrogen (secondary N) is 1. The lowest BCUT2D eigenvalue weighted by molar-refractivity contribution is -0.113. The summed E-state index contributed by atoms with van der Waals surface area (Å²) in [7, 11) is 3.18. The second kappa shape index (κ2) is 14.0. The maximum absolute atomic E-state index is 12.7. The number of aromatic nitrogens is 3. The van der Waals surface area contributed by atoms with Gasteiger partial charge >= 0.3 is 0 Å². The van der Waals surface area contributed by atoms with Gasteiger partial charge in [0, 0.05) is 21.8 Å². The number of benzene rings is 3. The molecule has 0 unspecified atom stereocenters. The van der Waals surface area contributed by atoms with Gasteiger partial charge in [-0.15, -0.1) is 10.2 Å². The number of hydrogen-bond donors (Lipinski definition) is 1. The number of ether oxygens (including phenoxy) is 4. The molecule has 9 nitrogen and oxygen atoms in total. The number of halogens is 1. The van der Waals surface area contributed by atoms with E-state index in [4.69, 9.17) is 35.5 Å². The van der Waals surface area contributed by atoms with Crippen molar-refractivity contribution in [1.29, 1.82) is 0 Å². The van der Waals surface area contributed by atoms with Gasteiger partial charge in [0.25, 0.3) is 0 Å². The SMILES string of the molecule is CCOc1cc(-c2nnc(SCC(=O)Nc3ccc(C)c(Cl)c3)nc2-c2ccc(OC)c(OCC)c2)ccc1OC. The number of carbonyl (C=O) groups excluding carboxylic acids is 1. The molecule has 1 aromatic heterocycles. The fourth-order valence-corrected chi connectivity index (χ4v) is 4.72. The highest BCUT2D eigenvalue weighted by Gasteiger charge is 2.19. The summed E-state index contributed by atoms with van der Waals surface area (Å²) >= 11 is 7.37. The summed E-state index contributed by atoms with van der Waals surface area (Å²) in [6, 6.07) is 16.5. The quantitative estimate of drug-likeness (QED) is 0.179. The molecule has 41 heavy (non-hydrogen) atoms. The Morgan fingerprint density at radius 2 is 1.44 bits per heavy atom. The molecule has 0 aliphatic heterocycles. The zero-order chi connectivity index (χ0) is 29.4. The smallest absolute Gasteiger partial charge is 0.234 e. The van der Waals surface area contributed by atoms with E-state index in [0.29, 0.717) is 63.5 Å². The number of anilines is 1. The zero-order valence-corrected chi connectivity index (χ0v) is 25.1. The van der Waals surface area contributed by atoms with Crippen LogP contribution in [0.1, 0.15) is 19.4 Å². The number of amides is 1. The molecule has 214 valence electrons. The molecule has 0 radical (unpaired) electrons. The van der Waals surface area contributed by atoms with Gasteiger partial charge in [0.2, 0.25) is 11.1 Å². The lowest BCUT2D eigenvalue weighted by Gasteiger charge is -2.15. The minimum Gasteiger partial charge on any atom is -0.493 e. The third-order valence-corrected chi connectivity index (χ3v) is 7.17. The lowest BCUT2D eigenvalue weighted by atomic mass is 10.0. The van der Waals surface area contributed by atoms with Crippen LogP contribution >= 0.6 is 23.4 Å². The van der Waals surface area contributed by atoms with Gasteiger partial charge in [-0.1, -0.05) is 29.4 Å². The molecule has 4 rings (SSSR count). The maximum Gasteiger partial charge on any atom is 0.234 e. The highest BCUT2D eigenvalue weighted by molar-refractivity contribution is 7.99. The van der Waals surface area contributed by atoms with Crippen molar-refractivity contribution in [3.05, 3.63) is 65.2 Å². The number of thioether (sulfide) groups is 1. The average molecular weight is 595 g/mol. The molecule has 0 bridgehead atoms. The molecule has 3 aromatic carbocycles. The molecule has 0 saturated heterocycles. The van der Waals surface area contributed by atoms with E-state index in [1.807, 2.05) is 63.2 Å². The Hall–Kier alpha value is -4.02. The number of hydrogen-bond acceptors (Lipinski definition) is 9. The Kier molecular flexibility index (Phi) is 10.3. The number of methoxy groups -OCH3 is 2. The number of nitrogens with zero attached hydrogens (tertiary/aromatic N) is 3. The van der Waals surface area contributed by atoms with E-state index in [1.165, 1.54) is 11.8 Å². The normalized spacial score (nSPS) is 10.7. The largest absolute Gasteiger partial charge is 0.493 e. The maximum atomic E-state index is 12.7. The Labute approximate surface area is 248 Å². The van der Waals surface area contributed by atoms with Crippen LogP contribution in [-0.4, -0.2) is 54.3 Å². The van der Waals surface area contributed by atoms with Crippen LogP contribution in [0, 0.1) is 6.92 Å². The second-order valence-corrected chi connectivity index (χ2v) is 10.0. The topological polar surface area (TPSA) is 105 Å². The minimum atomic E-state index is -0.219. The van der Waals surface area contributed by atoms with Crippen molar-refractivity contribution in [2.24, 2.45) is 0 Å². The standard InChI is InChI=1S/C30H31ClN4O5S/c1-6-39-25-14-19(9-12-23(25)37-4)28-29(20-10-13-24(38-5)26(15-20)40-7-2)34-35-30(33-28)41-17-27(36)32-21-11-8-18(3)22(31)16-21/h8-16H,6-7,17H2,1-5H3,(H,32,36). The van der Waals surface area contributed by atoms with E-state index in [-0.39, 0.29) is 11.7 Å². The summed E-state index contributed by atoms with van der Waals surface area (Å²) in [6.45, 7) is 6.65. The first-order valence-corrected chi connectivity index (χ1v) is 14.3. The number of carbonyl (C=O) groups is 1. The van der Waals surface area contributed by atoms with Gasteiger partial charge in [-0.3, -0.25) is 4.79 Å². The van der Waals surface area contributed by atoms with Crippen molar-refractivity contribution >= 4 is 35.0 Å². The van der Waals surface area contributed by atoms with Crippen molar-refractivity contribution in [1.82, 2.24) is 15.2 Å². The summed E-state index contributed by atoms with van der Waals surface area (Å²) in [4.78, 5) is 17.5. The first-order chi connectivity index (χ1) is 19.9. The van der Waals surface area contributed by atoms with Gasteiger partial charge in [-0.05, 0) is 74.9 Å². The summed E-state index contributed by atoms with van der Waals surface area (Å²) in [5.74, 6) is 2.22. The molecule has 0 aliphatic rings. The molecular weight excluding hydrogens is 564 g/mol. The molecular formula is C30H31ClN4O5S. The van der Waals surface area contributed by atoms with Crippen LogP contribution in [0.3, 0.4) is 0 Å². The average Bonchev–Trinajstić information content (AvgIpc) is 2.98. The Morgan fingerprint density at radius 3 is 2.00 bits per heavy atom. The first kappa shape index (κ1) is 30.0. The molecule has 1 heterocycles. The van der Waals surface area contributed by atoms with Gasteiger partial charge in [0.1, 0.15) is 11.4 Å². The molecule has 11 heteroatoms. The molecule has 1 amide bonds. The summed E-state index contributed by atoms with van der Waals surface area (Å²) in [6.07, 6.45) is 0. The van der Waals surface area contributed by atoms with Crippen LogP contribution in [0.15, 0.2) is 59.8 Å². The molecule has 0 spiro atoms. The van der Waals surface area contributed by atoms with Gasteiger partial charge in [-0.25, -0.2) is 4.98 Å². The van der Waals surface area contributed by atoms with E-state index in [0.717, 1.165) is 16.7 Å². The lowest BCUT2D eigenvalue weighted by Crippen LogP contribution is -2.14. The van der Waals surface area contributed by atoms with E-state index in [2.05, 4.69) is 15.5 Å². The molecule has 0 fully saturated rings. The predicted molar refractivity (Wildman–Crippen MR) is 162 cm³/mol. The van der Waals surface area contributed by atoms with Gasteiger partial charge in [0.05, 0.1) is 33.2 Å². The molecule has 0 atom stereocenters. The van der Waals surface area contributed by atoms with Gasteiger partial charge in [0.15, 0.2) is 23.0 Å². The highest BCUT2D eigenvalue weighted by Crippen LogP contribution is 2.38. The van der Waals surface area contributed by atoms with E-state index in [1.54, 1.807) is 26.4 Å². The third kappa shape index (κ3) is 7.39. The zero-order valence-electron chi connectivity index (χ0n) is 23.5. The fraction of sp³-hybridized carbons (Fsp3) is 0.267. The minimum absolute atomic E-state index is 0.0792. The Balaban J connectivity index is 1.69. The number of aryl methyl sites for hydroxylation is 1. The van der Waals surface area contributed by atoms with Crippen LogP contribution in [0.5, 0.6) is 23.0 Å². The van der Waals surface area contributed by atoms with Crippen LogP contribution in [0.4, 0.5) is 5.69 Å². The molecule has 0 saturated carbocycles. The Morgan fingerprint density at radius 1 is 0.829 bits per heavy atom. The van der Waals surface area contributed by atoms with Gasteiger partial charge < -0.3 is 24.3 Å². The first-order valence-electron chi connectivity index (χ1n) is 12.9. The van der Waals surface area contributed by atoms with Crippen molar-refractivity contribution in [2.45, 2.75) is 25.9 Å². The summed E-state index contributed by atoms with van der Waals surface area (Å²) in [5, 5.41) is 12.6. The van der Waals surface area contributed by atoms with Crippen molar-refractivity contribution in [3.8, 4) is 45.5 Å². The fourth-order valence-electron chi connectivity index (χ4n) is 3.95. The summed E-state index contributed by atoms with van der Waals surface area (Å²) < 4.78 is 22.5. The monoisotopic (exact) mass is 594 g/mol. The van der Waals surface area contributed by atoms with Crippen LogP contribution in [0.2, 0.25) is 5.02 Å². The Bertz CT molecular complexity index is 1540. The highest BCUT2D eigenvalue weighted by atomic mass is 35.5. The summed E-state index contributed by atoms with van der Waals surface area (Å²) in [5.41, 5.74) is 4.13. The molecule has 0 aliphatic carbocycles. The van der Waals surface area contributed by atoms with Crippen LogP contribution in [-0.2, 0) is 4.79 Å². The van der Waals surface area contributed by atoms with Crippen molar-refractivity contribution in [2.75, 3.05) is 38.5 Å². The second-order valence-electron chi connectivity index (χ2n) is 8.69. The van der Waals surface area contributed by atoms with E-state index < -0.39 is 0 Å². The van der Waals surface area contributed by atoms with Crippen molar-refractivity contribution in [3.63, 3.8) is 0 Å². The van der Waals surface area contributed by atoms with E-state index in [9.17, 15) is 4.79 Å².